The highest BCUT2D eigenvalue weighted by Crippen LogP contribution is 2.27. The van der Waals surface area contributed by atoms with Crippen molar-refractivity contribution in [1.82, 2.24) is 10.2 Å². The Morgan fingerprint density at radius 3 is 2.26 bits per heavy atom. The second-order valence-corrected chi connectivity index (χ2v) is 8.92. The molecule has 0 aliphatic carbocycles. The van der Waals surface area contributed by atoms with Crippen LogP contribution in [-0.4, -0.2) is 34.9 Å². The Balaban J connectivity index is 2.32. The zero-order valence-electron chi connectivity index (χ0n) is 18.0. The minimum Gasteiger partial charge on any atom is -0.481 e. The van der Waals surface area contributed by atoms with E-state index in [9.17, 15) is 14.0 Å². The molecule has 0 aromatic heterocycles. The fraction of sp³-hybridized carbons (Fsp3) is 0.391. The van der Waals surface area contributed by atoms with Crippen LogP contribution in [0.5, 0.6) is 5.75 Å². The maximum absolute atomic E-state index is 13.9. The van der Waals surface area contributed by atoms with Gasteiger partial charge in [-0.15, -0.1) is 0 Å². The first kappa shape index (κ1) is 25.0. The van der Waals surface area contributed by atoms with Crippen LogP contribution < -0.4 is 10.1 Å². The van der Waals surface area contributed by atoms with Crippen molar-refractivity contribution in [3.8, 4) is 5.75 Å². The van der Waals surface area contributed by atoms with E-state index in [0.29, 0.717) is 22.0 Å². The van der Waals surface area contributed by atoms with Crippen LogP contribution in [0.25, 0.3) is 0 Å². The first-order valence-corrected chi connectivity index (χ1v) is 10.7. The number of nitrogens with one attached hydrogen (secondary N) is 1. The van der Waals surface area contributed by atoms with Crippen molar-refractivity contribution in [2.75, 3.05) is 6.61 Å². The summed E-state index contributed by atoms with van der Waals surface area (Å²) >= 11 is 12.6. The van der Waals surface area contributed by atoms with Crippen molar-refractivity contribution in [1.29, 1.82) is 0 Å². The van der Waals surface area contributed by atoms with E-state index < -0.39 is 29.9 Å². The SMILES string of the molecule is CC[C@@H](C(=O)NC(C)(C)C)N(Cc1c(Cl)cccc1Cl)C(=O)COc1ccccc1F. The van der Waals surface area contributed by atoms with Crippen LogP contribution in [0.15, 0.2) is 42.5 Å². The van der Waals surface area contributed by atoms with Gasteiger partial charge in [-0.1, -0.05) is 48.3 Å². The standard InChI is InChI=1S/C23H27Cl2FN2O3/c1-5-19(22(30)27-23(2,3)4)28(13-15-16(24)9-8-10-17(15)25)21(29)14-31-20-12-7-6-11-18(20)26/h6-12,19H,5,13-14H2,1-4H3,(H,27,30)/t19-/m0/s1. The molecule has 2 rings (SSSR count). The van der Waals surface area contributed by atoms with Crippen LogP contribution in [0.2, 0.25) is 10.0 Å². The predicted octanol–water partition coefficient (Wildman–Crippen LogP) is 5.23. The van der Waals surface area contributed by atoms with Gasteiger partial charge < -0.3 is 15.0 Å². The number of ether oxygens (including phenoxy) is 1. The number of para-hydroxylation sites is 1. The lowest BCUT2D eigenvalue weighted by atomic mass is 10.1. The average molecular weight is 469 g/mol. The maximum Gasteiger partial charge on any atom is 0.261 e. The third-order valence-corrected chi connectivity index (χ3v) is 5.17. The molecule has 0 bridgehead atoms. The molecule has 8 heteroatoms. The predicted molar refractivity (Wildman–Crippen MR) is 121 cm³/mol. The molecule has 2 amide bonds. The molecule has 1 N–H and O–H groups in total. The summed E-state index contributed by atoms with van der Waals surface area (Å²) in [5.74, 6) is -1.42. The number of hydrogen-bond acceptors (Lipinski definition) is 3. The highest BCUT2D eigenvalue weighted by atomic mass is 35.5. The fourth-order valence-corrected chi connectivity index (χ4v) is 3.53. The zero-order chi connectivity index (χ0) is 23.2. The van der Waals surface area contributed by atoms with Gasteiger partial charge in [-0.2, -0.15) is 0 Å². The Labute approximate surface area is 192 Å². The monoisotopic (exact) mass is 468 g/mol. The molecule has 31 heavy (non-hydrogen) atoms. The van der Waals surface area contributed by atoms with E-state index >= 15 is 0 Å². The molecule has 0 saturated heterocycles. The third-order valence-electron chi connectivity index (χ3n) is 4.46. The Morgan fingerprint density at radius 2 is 1.71 bits per heavy atom. The van der Waals surface area contributed by atoms with E-state index in [0.717, 1.165) is 0 Å². The lowest BCUT2D eigenvalue weighted by molar-refractivity contribution is -0.143. The van der Waals surface area contributed by atoms with Crippen LogP contribution in [0.3, 0.4) is 0 Å². The van der Waals surface area contributed by atoms with Gasteiger partial charge in [-0.25, -0.2) is 4.39 Å². The van der Waals surface area contributed by atoms with E-state index in [-0.39, 0.29) is 18.2 Å². The van der Waals surface area contributed by atoms with Crippen LogP contribution in [0.1, 0.15) is 39.7 Å². The summed E-state index contributed by atoms with van der Waals surface area (Å²) in [6, 6.07) is 10.0. The fourth-order valence-electron chi connectivity index (χ4n) is 3.01. The number of benzene rings is 2. The van der Waals surface area contributed by atoms with Gasteiger partial charge in [0.15, 0.2) is 18.2 Å². The van der Waals surface area contributed by atoms with Crippen LogP contribution in [-0.2, 0) is 16.1 Å². The summed E-state index contributed by atoms with van der Waals surface area (Å²) in [6.07, 6.45) is 0.357. The van der Waals surface area contributed by atoms with Gasteiger partial charge in [0.25, 0.3) is 5.91 Å². The molecule has 2 aromatic rings. The molecule has 0 fully saturated rings. The third kappa shape index (κ3) is 7.11. The molecule has 5 nitrogen and oxygen atoms in total. The van der Waals surface area contributed by atoms with Gasteiger partial charge in [-0.3, -0.25) is 9.59 Å². The van der Waals surface area contributed by atoms with E-state index in [1.807, 2.05) is 20.8 Å². The first-order valence-electron chi connectivity index (χ1n) is 9.95. The lowest BCUT2D eigenvalue weighted by Crippen LogP contribution is -2.54. The number of carbonyl (C=O) groups is 2. The molecular weight excluding hydrogens is 442 g/mol. The smallest absolute Gasteiger partial charge is 0.261 e. The zero-order valence-corrected chi connectivity index (χ0v) is 19.6. The molecule has 0 unspecified atom stereocenters. The Hall–Kier alpha value is -2.31. The molecule has 0 aliphatic rings. The first-order chi connectivity index (χ1) is 14.5. The van der Waals surface area contributed by atoms with Crippen molar-refractivity contribution < 1.29 is 18.7 Å². The summed E-state index contributed by atoms with van der Waals surface area (Å²) in [5, 5.41) is 3.67. The number of hydrogen-bond donors (Lipinski definition) is 1. The summed E-state index contributed by atoms with van der Waals surface area (Å²) in [7, 11) is 0. The highest BCUT2D eigenvalue weighted by Gasteiger charge is 2.31. The minimum atomic E-state index is -0.789. The summed E-state index contributed by atoms with van der Waals surface area (Å²) in [4.78, 5) is 27.5. The van der Waals surface area contributed by atoms with Gasteiger partial charge in [0.1, 0.15) is 6.04 Å². The molecule has 168 valence electrons. The van der Waals surface area contributed by atoms with E-state index in [4.69, 9.17) is 27.9 Å². The van der Waals surface area contributed by atoms with Gasteiger partial charge in [0.05, 0.1) is 0 Å². The largest absolute Gasteiger partial charge is 0.481 e. The van der Waals surface area contributed by atoms with Crippen LogP contribution >= 0.6 is 23.2 Å². The number of carbonyl (C=O) groups excluding carboxylic acids is 2. The summed E-state index contributed by atoms with van der Waals surface area (Å²) in [5.41, 5.74) is 0.0392. The second-order valence-electron chi connectivity index (χ2n) is 8.10. The minimum absolute atomic E-state index is 0.00798. The topological polar surface area (TPSA) is 58.6 Å². The van der Waals surface area contributed by atoms with Gasteiger partial charge in [0.2, 0.25) is 5.91 Å². The number of amides is 2. The quantitative estimate of drug-likeness (QED) is 0.576. The summed E-state index contributed by atoms with van der Waals surface area (Å²) < 4.78 is 19.3. The van der Waals surface area contributed by atoms with E-state index in [1.165, 1.54) is 23.1 Å². The molecule has 0 heterocycles. The van der Waals surface area contributed by atoms with Crippen LogP contribution in [0, 0.1) is 5.82 Å². The highest BCUT2D eigenvalue weighted by molar-refractivity contribution is 6.36. The van der Waals surface area contributed by atoms with Crippen molar-refractivity contribution in [2.24, 2.45) is 0 Å². The Morgan fingerprint density at radius 1 is 1.10 bits per heavy atom. The number of nitrogens with zero attached hydrogens (tertiary/aromatic N) is 1. The number of rotatable bonds is 8. The summed E-state index contributed by atoms with van der Waals surface area (Å²) in [6.45, 7) is 6.94. The average Bonchev–Trinajstić information content (AvgIpc) is 2.67. The van der Waals surface area contributed by atoms with Crippen LogP contribution in [0.4, 0.5) is 4.39 Å². The van der Waals surface area contributed by atoms with Crippen molar-refractivity contribution in [3.63, 3.8) is 0 Å². The molecule has 0 radical (unpaired) electrons. The molecule has 1 atom stereocenters. The van der Waals surface area contributed by atoms with Gasteiger partial charge in [-0.05, 0) is 51.5 Å². The Kier molecular flexibility index (Phi) is 8.71. The molecule has 0 saturated carbocycles. The normalized spacial score (nSPS) is 12.2. The van der Waals surface area contributed by atoms with E-state index in [1.54, 1.807) is 31.2 Å². The molecular formula is C23H27Cl2FN2O3. The lowest BCUT2D eigenvalue weighted by Gasteiger charge is -2.33. The van der Waals surface area contributed by atoms with Crippen molar-refractivity contribution in [3.05, 3.63) is 63.9 Å². The van der Waals surface area contributed by atoms with Gasteiger partial charge >= 0.3 is 0 Å². The van der Waals surface area contributed by atoms with E-state index in [2.05, 4.69) is 5.32 Å². The molecule has 0 aliphatic heterocycles. The second kappa shape index (κ2) is 10.8. The number of halogens is 3. The maximum atomic E-state index is 13.9. The van der Waals surface area contributed by atoms with Gasteiger partial charge in [0, 0.05) is 27.7 Å². The molecule has 0 spiro atoms. The molecule has 2 aromatic carbocycles. The van der Waals surface area contributed by atoms with Crippen molar-refractivity contribution >= 4 is 35.0 Å². The van der Waals surface area contributed by atoms with Crippen molar-refractivity contribution in [2.45, 2.75) is 52.2 Å². The Bertz CT molecular complexity index is 911.